The van der Waals surface area contributed by atoms with Crippen LogP contribution in [0.25, 0.3) is 0 Å². The first-order chi connectivity index (χ1) is 6.25. The molecule has 7 heteroatoms. The largest absolute Gasteiger partial charge is 0.418 e. The minimum Gasteiger partial charge on any atom is -0.379 e. The lowest BCUT2D eigenvalue weighted by atomic mass is 10.1. The van der Waals surface area contributed by atoms with Crippen LogP contribution in [0.2, 0.25) is 5.15 Å². The molecule has 1 rings (SSSR count). The van der Waals surface area contributed by atoms with Gasteiger partial charge in [-0.3, -0.25) is 4.68 Å². The van der Waals surface area contributed by atoms with Crippen LogP contribution >= 0.6 is 11.6 Å². The first-order valence-electron chi connectivity index (χ1n) is 3.69. The molecule has 1 N–H and O–H groups in total. The number of rotatable bonds is 1. The van der Waals surface area contributed by atoms with Crippen LogP contribution < -0.4 is 0 Å². The average molecular weight is 229 g/mol. The van der Waals surface area contributed by atoms with Gasteiger partial charge in [-0.05, 0) is 6.92 Å². The standard InChI is InChI=1S/C7H8ClF3N2O/c1-3-4(5(14)7(9,10)11)6(8)13(2)12-3/h5,14H,1-2H3/t5-/m1/s1. The van der Waals surface area contributed by atoms with E-state index in [0.717, 1.165) is 4.68 Å². The van der Waals surface area contributed by atoms with Crippen LogP contribution in [-0.4, -0.2) is 21.1 Å². The Balaban J connectivity index is 3.19. The van der Waals surface area contributed by atoms with Crippen LogP contribution in [0.4, 0.5) is 13.2 Å². The Morgan fingerprint density at radius 3 is 2.29 bits per heavy atom. The highest BCUT2D eigenvalue weighted by Gasteiger charge is 2.42. The van der Waals surface area contributed by atoms with Crippen molar-refractivity contribution in [2.24, 2.45) is 7.05 Å². The van der Waals surface area contributed by atoms with E-state index in [9.17, 15) is 13.2 Å². The highest BCUT2D eigenvalue weighted by atomic mass is 35.5. The van der Waals surface area contributed by atoms with Crippen LogP contribution in [0.3, 0.4) is 0 Å². The zero-order valence-corrected chi connectivity index (χ0v) is 8.19. The Morgan fingerprint density at radius 2 is 2.00 bits per heavy atom. The van der Waals surface area contributed by atoms with E-state index in [4.69, 9.17) is 16.7 Å². The molecule has 0 saturated carbocycles. The molecule has 0 spiro atoms. The number of aliphatic hydroxyl groups excluding tert-OH is 1. The summed E-state index contributed by atoms with van der Waals surface area (Å²) < 4.78 is 37.6. The number of aromatic nitrogens is 2. The minimum absolute atomic E-state index is 0.0716. The maximum atomic E-state index is 12.2. The molecular weight excluding hydrogens is 221 g/mol. The number of halogens is 4. The van der Waals surface area contributed by atoms with Gasteiger partial charge in [0.25, 0.3) is 0 Å². The Kier molecular flexibility index (Phi) is 2.78. The molecule has 80 valence electrons. The summed E-state index contributed by atoms with van der Waals surface area (Å²) >= 11 is 5.56. The van der Waals surface area contributed by atoms with Crippen molar-refractivity contribution in [3.05, 3.63) is 16.4 Å². The molecule has 14 heavy (non-hydrogen) atoms. The third-order valence-corrected chi connectivity index (χ3v) is 2.23. The molecule has 0 aliphatic heterocycles. The first kappa shape index (κ1) is 11.3. The Bertz CT molecular complexity index is 347. The van der Waals surface area contributed by atoms with Crippen LogP contribution in [0.5, 0.6) is 0 Å². The fourth-order valence-electron chi connectivity index (χ4n) is 1.12. The van der Waals surface area contributed by atoms with E-state index in [1.807, 2.05) is 0 Å². The normalized spacial score (nSPS) is 14.5. The summed E-state index contributed by atoms with van der Waals surface area (Å²) in [5.74, 6) is 0. The summed E-state index contributed by atoms with van der Waals surface area (Å²) in [6.07, 6.45) is -7.30. The third kappa shape index (κ3) is 1.85. The van der Waals surface area contributed by atoms with Gasteiger partial charge in [0.2, 0.25) is 0 Å². The van der Waals surface area contributed by atoms with Gasteiger partial charge in [0, 0.05) is 12.6 Å². The van der Waals surface area contributed by atoms with Gasteiger partial charge in [0.1, 0.15) is 5.15 Å². The van der Waals surface area contributed by atoms with E-state index in [2.05, 4.69) is 5.10 Å². The van der Waals surface area contributed by atoms with Gasteiger partial charge in [0.15, 0.2) is 6.10 Å². The lowest BCUT2D eigenvalue weighted by Gasteiger charge is -2.14. The molecule has 1 aromatic rings. The SMILES string of the molecule is Cc1nn(C)c(Cl)c1[C@@H](O)C(F)(F)F. The van der Waals surface area contributed by atoms with E-state index < -0.39 is 12.3 Å². The number of hydrogen-bond acceptors (Lipinski definition) is 2. The Labute approximate surface area is 83.1 Å². The second-order valence-corrected chi connectivity index (χ2v) is 3.22. The van der Waals surface area contributed by atoms with Gasteiger partial charge in [-0.1, -0.05) is 11.6 Å². The van der Waals surface area contributed by atoms with Crippen LogP contribution in [0, 0.1) is 6.92 Å². The Morgan fingerprint density at radius 1 is 1.50 bits per heavy atom. The fraction of sp³-hybridized carbons (Fsp3) is 0.571. The van der Waals surface area contributed by atoms with Crippen molar-refractivity contribution in [1.29, 1.82) is 0 Å². The lowest BCUT2D eigenvalue weighted by molar-refractivity contribution is -0.206. The zero-order chi connectivity index (χ0) is 11.1. The molecule has 3 nitrogen and oxygen atoms in total. The molecule has 0 aliphatic rings. The van der Waals surface area contributed by atoms with Gasteiger partial charge in [-0.2, -0.15) is 18.3 Å². The minimum atomic E-state index is -4.72. The van der Waals surface area contributed by atoms with E-state index >= 15 is 0 Å². The summed E-state index contributed by atoms with van der Waals surface area (Å²) in [6, 6.07) is 0. The van der Waals surface area contributed by atoms with Crippen LogP contribution in [0.1, 0.15) is 17.4 Å². The van der Waals surface area contributed by atoms with Crippen molar-refractivity contribution in [1.82, 2.24) is 9.78 Å². The number of hydrogen-bond donors (Lipinski definition) is 1. The molecule has 0 amide bonds. The average Bonchev–Trinajstić information content (AvgIpc) is 2.24. The molecule has 0 saturated heterocycles. The monoisotopic (exact) mass is 228 g/mol. The smallest absolute Gasteiger partial charge is 0.379 e. The molecule has 0 aliphatic carbocycles. The molecule has 1 aromatic heterocycles. The fourth-order valence-corrected chi connectivity index (χ4v) is 1.40. The van der Waals surface area contributed by atoms with Gasteiger partial charge in [0.05, 0.1) is 5.69 Å². The molecule has 1 atom stereocenters. The number of nitrogens with zero attached hydrogens (tertiary/aromatic N) is 2. The van der Waals surface area contributed by atoms with E-state index in [1.165, 1.54) is 14.0 Å². The summed E-state index contributed by atoms with van der Waals surface area (Å²) in [6.45, 7) is 1.36. The quantitative estimate of drug-likeness (QED) is 0.798. The van der Waals surface area contributed by atoms with Crippen LogP contribution in [0.15, 0.2) is 0 Å². The van der Waals surface area contributed by atoms with Crippen molar-refractivity contribution in [2.75, 3.05) is 0 Å². The van der Waals surface area contributed by atoms with Gasteiger partial charge in [-0.25, -0.2) is 0 Å². The topological polar surface area (TPSA) is 38.0 Å². The van der Waals surface area contributed by atoms with Crippen molar-refractivity contribution in [3.8, 4) is 0 Å². The lowest BCUT2D eigenvalue weighted by Crippen LogP contribution is -2.20. The van der Waals surface area contributed by atoms with Crippen LogP contribution in [-0.2, 0) is 7.05 Å². The van der Waals surface area contributed by atoms with Crippen molar-refractivity contribution in [2.45, 2.75) is 19.2 Å². The highest BCUT2D eigenvalue weighted by Crippen LogP contribution is 2.37. The molecule has 0 radical (unpaired) electrons. The number of alkyl halides is 3. The van der Waals surface area contributed by atoms with Gasteiger partial charge >= 0.3 is 6.18 Å². The maximum absolute atomic E-state index is 12.2. The van der Waals surface area contributed by atoms with E-state index in [-0.39, 0.29) is 16.4 Å². The summed E-state index contributed by atoms with van der Waals surface area (Å²) in [5, 5.41) is 12.4. The molecule has 1 heterocycles. The van der Waals surface area contributed by atoms with E-state index in [0.29, 0.717) is 0 Å². The molecular formula is C7H8ClF3N2O. The molecule has 0 aromatic carbocycles. The summed E-state index contributed by atoms with van der Waals surface area (Å²) in [5.41, 5.74) is -0.316. The Hall–Kier alpha value is -0.750. The second kappa shape index (κ2) is 3.43. The second-order valence-electron chi connectivity index (χ2n) is 2.86. The molecule has 0 fully saturated rings. The predicted octanol–water partition coefficient (Wildman–Crippen LogP) is 1.98. The molecule has 0 bridgehead atoms. The summed E-state index contributed by atoms with van der Waals surface area (Å²) in [4.78, 5) is 0. The highest BCUT2D eigenvalue weighted by molar-refractivity contribution is 6.30. The van der Waals surface area contributed by atoms with Gasteiger partial charge in [-0.15, -0.1) is 0 Å². The summed E-state index contributed by atoms with van der Waals surface area (Å²) in [7, 11) is 1.40. The van der Waals surface area contributed by atoms with Crippen molar-refractivity contribution in [3.63, 3.8) is 0 Å². The first-order valence-corrected chi connectivity index (χ1v) is 4.06. The third-order valence-electron chi connectivity index (χ3n) is 1.78. The van der Waals surface area contributed by atoms with Crippen molar-refractivity contribution < 1.29 is 18.3 Å². The predicted molar refractivity (Wildman–Crippen MR) is 44.0 cm³/mol. The maximum Gasteiger partial charge on any atom is 0.418 e. The molecule has 0 unspecified atom stereocenters. The number of aliphatic hydroxyl groups is 1. The van der Waals surface area contributed by atoms with Crippen molar-refractivity contribution >= 4 is 11.6 Å². The number of aryl methyl sites for hydroxylation is 2. The van der Waals surface area contributed by atoms with E-state index in [1.54, 1.807) is 0 Å². The zero-order valence-electron chi connectivity index (χ0n) is 7.43. The van der Waals surface area contributed by atoms with Gasteiger partial charge < -0.3 is 5.11 Å².